The highest BCUT2D eigenvalue weighted by atomic mass is 16.2. The molecule has 18 heavy (non-hydrogen) atoms. The lowest BCUT2D eigenvalue weighted by Crippen LogP contribution is -2.25. The van der Waals surface area contributed by atoms with Crippen LogP contribution in [0.3, 0.4) is 0 Å². The molecule has 1 aliphatic heterocycles. The number of fused-ring (bicyclic) bond motifs is 1. The van der Waals surface area contributed by atoms with Gasteiger partial charge < -0.3 is 4.90 Å². The number of carbonyl (C=O) groups excluding carboxylic acids is 1. The molecule has 0 spiro atoms. The number of hydrogen-bond acceptors (Lipinski definition) is 2. The van der Waals surface area contributed by atoms with E-state index in [0.29, 0.717) is 13.1 Å². The Morgan fingerprint density at radius 3 is 2.89 bits per heavy atom. The molecule has 2 aromatic rings. The Bertz CT molecular complexity index is 582. The molecular weight excluding hydrogens is 224 g/mol. The van der Waals surface area contributed by atoms with Gasteiger partial charge >= 0.3 is 0 Å². The first-order valence-corrected chi connectivity index (χ1v) is 6.03. The van der Waals surface area contributed by atoms with Gasteiger partial charge in [0.2, 0.25) is 0 Å². The van der Waals surface area contributed by atoms with Crippen molar-refractivity contribution in [1.82, 2.24) is 9.88 Å². The van der Waals surface area contributed by atoms with Gasteiger partial charge in [-0.3, -0.25) is 9.78 Å². The van der Waals surface area contributed by atoms with Crippen molar-refractivity contribution in [1.29, 1.82) is 0 Å². The highest BCUT2D eigenvalue weighted by molar-refractivity contribution is 5.94. The number of rotatable bonds is 1. The van der Waals surface area contributed by atoms with Gasteiger partial charge in [0, 0.05) is 18.3 Å². The van der Waals surface area contributed by atoms with Gasteiger partial charge in [0.25, 0.3) is 5.91 Å². The highest BCUT2D eigenvalue weighted by Gasteiger charge is 2.24. The molecule has 0 atom stereocenters. The van der Waals surface area contributed by atoms with Crippen LogP contribution in [0.1, 0.15) is 27.2 Å². The number of nitrogens with zero attached hydrogens (tertiary/aromatic N) is 2. The van der Waals surface area contributed by atoms with Crippen molar-refractivity contribution in [2.45, 2.75) is 20.0 Å². The van der Waals surface area contributed by atoms with Crippen molar-refractivity contribution in [2.24, 2.45) is 0 Å². The molecule has 90 valence electrons. The first-order valence-electron chi connectivity index (χ1n) is 6.03. The first-order chi connectivity index (χ1) is 8.74. The van der Waals surface area contributed by atoms with Crippen LogP contribution in [0, 0.1) is 6.92 Å². The van der Waals surface area contributed by atoms with E-state index in [1.165, 1.54) is 0 Å². The van der Waals surface area contributed by atoms with E-state index in [9.17, 15) is 4.79 Å². The van der Waals surface area contributed by atoms with E-state index in [2.05, 4.69) is 4.98 Å². The summed E-state index contributed by atoms with van der Waals surface area (Å²) in [6.45, 7) is 3.27. The lowest BCUT2D eigenvalue weighted by Gasteiger charge is -2.15. The minimum absolute atomic E-state index is 0.0803. The average molecular weight is 238 g/mol. The summed E-state index contributed by atoms with van der Waals surface area (Å²) in [4.78, 5) is 18.5. The quantitative estimate of drug-likeness (QED) is 0.765. The summed E-state index contributed by atoms with van der Waals surface area (Å²) < 4.78 is 0. The molecule has 0 fully saturated rings. The van der Waals surface area contributed by atoms with Gasteiger partial charge in [-0.1, -0.05) is 23.8 Å². The topological polar surface area (TPSA) is 33.2 Å². The lowest BCUT2D eigenvalue weighted by atomic mass is 10.1. The number of aromatic nitrogens is 1. The van der Waals surface area contributed by atoms with Gasteiger partial charge in [0.05, 0.1) is 12.2 Å². The summed E-state index contributed by atoms with van der Waals surface area (Å²) in [5.74, 6) is 0.0803. The molecule has 3 rings (SSSR count). The summed E-state index contributed by atoms with van der Waals surface area (Å²) in [5, 5.41) is 0. The third-order valence-corrected chi connectivity index (χ3v) is 3.24. The zero-order valence-electron chi connectivity index (χ0n) is 10.3. The summed E-state index contributed by atoms with van der Waals surface area (Å²) in [7, 11) is 0. The number of benzene rings is 1. The predicted octanol–water partition coefficient (Wildman–Crippen LogP) is 2.55. The second-order valence-electron chi connectivity index (χ2n) is 4.64. The van der Waals surface area contributed by atoms with E-state index in [1.54, 1.807) is 6.20 Å². The molecule has 0 saturated carbocycles. The fourth-order valence-electron chi connectivity index (χ4n) is 2.30. The van der Waals surface area contributed by atoms with Crippen LogP contribution in [0.15, 0.2) is 42.6 Å². The third kappa shape index (κ3) is 1.88. The maximum Gasteiger partial charge on any atom is 0.254 e. The highest BCUT2D eigenvalue weighted by Crippen LogP contribution is 2.22. The number of amides is 1. The largest absolute Gasteiger partial charge is 0.328 e. The zero-order chi connectivity index (χ0) is 12.5. The Labute approximate surface area is 106 Å². The Morgan fingerprint density at radius 1 is 1.22 bits per heavy atom. The summed E-state index contributed by atoms with van der Waals surface area (Å²) in [6.07, 6.45) is 1.78. The standard InChI is InChI=1S/C15H14N2O/c1-11-4-2-5-12(8-11)15(18)17-9-13-6-3-7-16-14(13)10-17/h2-8H,9-10H2,1H3. The SMILES string of the molecule is Cc1cccc(C(=O)N2Cc3cccnc3C2)c1. The number of pyridine rings is 1. The van der Waals surface area contributed by atoms with Crippen molar-refractivity contribution in [3.05, 3.63) is 65.0 Å². The van der Waals surface area contributed by atoms with E-state index in [-0.39, 0.29) is 5.91 Å². The maximum absolute atomic E-state index is 12.4. The van der Waals surface area contributed by atoms with Crippen LogP contribution >= 0.6 is 0 Å². The van der Waals surface area contributed by atoms with E-state index in [4.69, 9.17) is 0 Å². The molecule has 2 heterocycles. The minimum Gasteiger partial charge on any atom is -0.328 e. The second kappa shape index (κ2) is 4.26. The Kier molecular flexibility index (Phi) is 2.59. The van der Waals surface area contributed by atoms with Crippen molar-refractivity contribution < 1.29 is 4.79 Å². The van der Waals surface area contributed by atoms with E-state index < -0.39 is 0 Å². The summed E-state index contributed by atoms with van der Waals surface area (Å²) in [5.41, 5.74) is 4.02. The third-order valence-electron chi connectivity index (χ3n) is 3.24. The van der Waals surface area contributed by atoms with Crippen molar-refractivity contribution in [3.63, 3.8) is 0 Å². The normalized spacial score (nSPS) is 13.5. The van der Waals surface area contributed by atoms with E-state index in [1.807, 2.05) is 48.2 Å². The molecule has 0 N–H and O–H groups in total. The molecule has 0 aliphatic carbocycles. The average Bonchev–Trinajstić information content (AvgIpc) is 2.81. The molecular formula is C15H14N2O. The second-order valence-corrected chi connectivity index (χ2v) is 4.64. The number of aryl methyl sites for hydroxylation is 1. The van der Waals surface area contributed by atoms with Crippen LogP contribution in [-0.4, -0.2) is 15.8 Å². The molecule has 0 saturated heterocycles. The van der Waals surface area contributed by atoms with Gasteiger partial charge in [-0.2, -0.15) is 0 Å². The predicted molar refractivity (Wildman–Crippen MR) is 69.0 cm³/mol. The van der Waals surface area contributed by atoms with Crippen LogP contribution in [0.5, 0.6) is 0 Å². The summed E-state index contributed by atoms with van der Waals surface area (Å²) >= 11 is 0. The monoisotopic (exact) mass is 238 g/mol. The van der Waals surface area contributed by atoms with Gasteiger partial charge in [0.1, 0.15) is 0 Å². The molecule has 1 aromatic carbocycles. The fourth-order valence-corrected chi connectivity index (χ4v) is 2.30. The Hall–Kier alpha value is -2.16. The van der Waals surface area contributed by atoms with E-state index in [0.717, 1.165) is 22.4 Å². The summed E-state index contributed by atoms with van der Waals surface area (Å²) in [6, 6.07) is 11.7. The van der Waals surface area contributed by atoms with Gasteiger partial charge in [0.15, 0.2) is 0 Å². The molecule has 0 unspecified atom stereocenters. The Balaban J connectivity index is 1.84. The van der Waals surface area contributed by atoms with Crippen LogP contribution in [0.2, 0.25) is 0 Å². The van der Waals surface area contributed by atoms with Gasteiger partial charge in [-0.05, 0) is 30.7 Å². The molecule has 0 bridgehead atoms. The minimum atomic E-state index is 0.0803. The van der Waals surface area contributed by atoms with Crippen molar-refractivity contribution in [3.8, 4) is 0 Å². The van der Waals surface area contributed by atoms with Gasteiger partial charge in [-0.15, -0.1) is 0 Å². The van der Waals surface area contributed by atoms with Gasteiger partial charge in [-0.25, -0.2) is 0 Å². The van der Waals surface area contributed by atoms with Crippen LogP contribution in [0.25, 0.3) is 0 Å². The number of carbonyl (C=O) groups is 1. The molecule has 1 amide bonds. The first kappa shape index (κ1) is 11.0. The smallest absolute Gasteiger partial charge is 0.254 e. The zero-order valence-corrected chi connectivity index (χ0v) is 10.3. The van der Waals surface area contributed by atoms with Crippen molar-refractivity contribution in [2.75, 3.05) is 0 Å². The molecule has 3 heteroatoms. The van der Waals surface area contributed by atoms with Crippen LogP contribution in [-0.2, 0) is 13.1 Å². The van der Waals surface area contributed by atoms with Crippen LogP contribution < -0.4 is 0 Å². The molecule has 1 aromatic heterocycles. The molecule has 0 radical (unpaired) electrons. The van der Waals surface area contributed by atoms with Crippen LogP contribution in [0.4, 0.5) is 0 Å². The molecule has 1 aliphatic rings. The lowest BCUT2D eigenvalue weighted by molar-refractivity contribution is 0.0750. The van der Waals surface area contributed by atoms with E-state index >= 15 is 0 Å². The Morgan fingerprint density at radius 2 is 2.11 bits per heavy atom. The maximum atomic E-state index is 12.4. The number of hydrogen-bond donors (Lipinski definition) is 0. The fraction of sp³-hybridized carbons (Fsp3) is 0.200. The van der Waals surface area contributed by atoms with Crippen molar-refractivity contribution >= 4 is 5.91 Å². The molecule has 3 nitrogen and oxygen atoms in total.